The number of hydrogen-bond donors (Lipinski definition) is 1. The Morgan fingerprint density at radius 3 is 3.00 bits per heavy atom. The van der Waals surface area contributed by atoms with Gasteiger partial charge in [0.05, 0.1) is 6.04 Å². The van der Waals surface area contributed by atoms with Crippen molar-refractivity contribution in [3.63, 3.8) is 0 Å². The molecule has 0 aliphatic heterocycles. The van der Waals surface area contributed by atoms with E-state index in [-0.39, 0.29) is 6.42 Å². The summed E-state index contributed by atoms with van der Waals surface area (Å²) >= 11 is 1.35. The largest absolute Gasteiger partial charge is 0.353 e. The molecule has 1 saturated carbocycles. The van der Waals surface area contributed by atoms with Gasteiger partial charge in [0.1, 0.15) is 0 Å². The van der Waals surface area contributed by atoms with Gasteiger partial charge >= 0.3 is 0 Å². The maximum atomic E-state index is 13.1. The molecule has 72 valence electrons. The second-order valence-electron chi connectivity index (χ2n) is 3.19. The third-order valence-electron chi connectivity index (χ3n) is 2.24. The van der Waals surface area contributed by atoms with Crippen molar-refractivity contribution >= 4 is 16.5 Å². The molecular formula is C8H10F2N2S. The van der Waals surface area contributed by atoms with Gasteiger partial charge < -0.3 is 5.32 Å². The van der Waals surface area contributed by atoms with Crippen molar-refractivity contribution in [2.45, 2.75) is 31.2 Å². The second-order valence-corrected chi connectivity index (χ2v) is 4.08. The molecule has 1 aromatic rings. The van der Waals surface area contributed by atoms with Crippen molar-refractivity contribution in [3.05, 3.63) is 11.6 Å². The van der Waals surface area contributed by atoms with Crippen LogP contribution in [0.1, 0.15) is 19.3 Å². The normalized spacial score (nSPS) is 26.2. The van der Waals surface area contributed by atoms with E-state index in [2.05, 4.69) is 10.3 Å². The molecule has 13 heavy (non-hydrogen) atoms. The standard InChI is InChI=1S/C8H10F2N2S/c9-8(10)3-1-2-6(8)12-7-11-4-5-13-7/h4-6H,1-3H2,(H,11,12). The Bertz CT molecular complexity index is 274. The predicted molar refractivity (Wildman–Crippen MR) is 48.3 cm³/mol. The van der Waals surface area contributed by atoms with Gasteiger partial charge in [0, 0.05) is 18.0 Å². The highest BCUT2D eigenvalue weighted by atomic mass is 32.1. The third-order valence-corrected chi connectivity index (χ3v) is 2.95. The number of rotatable bonds is 2. The quantitative estimate of drug-likeness (QED) is 0.801. The van der Waals surface area contributed by atoms with Gasteiger partial charge in [-0.3, -0.25) is 0 Å². The van der Waals surface area contributed by atoms with Crippen molar-refractivity contribution in [1.29, 1.82) is 0 Å². The van der Waals surface area contributed by atoms with Gasteiger partial charge in [-0.25, -0.2) is 13.8 Å². The number of thiazole rings is 1. The van der Waals surface area contributed by atoms with E-state index in [1.165, 1.54) is 11.3 Å². The summed E-state index contributed by atoms with van der Waals surface area (Å²) in [6.45, 7) is 0. The lowest BCUT2D eigenvalue weighted by Gasteiger charge is -2.19. The number of alkyl halides is 2. The first-order valence-electron chi connectivity index (χ1n) is 4.22. The van der Waals surface area contributed by atoms with Crippen LogP contribution in [0.4, 0.5) is 13.9 Å². The maximum absolute atomic E-state index is 13.1. The lowest BCUT2D eigenvalue weighted by molar-refractivity contribution is -0.000588. The van der Waals surface area contributed by atoms with Crippen LogP contribution in [-0.2, 0) is 0 Å². The zero-order valence-electron chi connectivity index (χ0n) is 6.96. The van der Waals surface area contributed by atoms with Crippen molar-refractivity contribution in [3.8, 4) is 0 Å². The molecule has 0 radical (unpaired) electrons. The van der Waals surface area contributed by atoms with Gasteiger partial charge in [-0.2, -0.15) is 0 Å². The van der Waals surface area contributed by atoms with Crippen molar-refractivity contribution < 1.29 is 8.78 Å². The average molecular weight is 204 g/mol. The van der Waals surface area contributed by atoms with Crippen LogP contribution in [0.2, 0.25) is 0 Å². The fourth-order valence-electron chi connectivity index (χ4n) is 1.55. The minimum Gasteiger partial charge on any atom is -0.353 e. The Morgan fingerprint density at radius 2 is 2.46 bits per heavy atom. The number of hydrogen-bond acceptors (Lipinski definition) is 3. The van der Waals surface area contributed by atoms with Crippen LogP contribution >= 0.6 is 11.3 Å². The van der Waals surface area contributed by atoms with Crippen LogP contribution in [0, 0.1) is 0 Å². The molecule has 1 aliphatic carbocycles. The predicted octanol–water partition coefficient (Wildman–Crippen LogP) is 2.74. The van der Waals surface area contributed by atoms with E-state index in [9.17, 15) is 8.78 Å². The Hall–Kier alpha value is -0.710. The number of nitrogens with zero attached hydrogens (tertiary/aromatic N) is 1. The zero-order valence-corrected chi connectivity index (χ0v) is 7.78. The van der Waals surface area contributed by atoms with E-state index in [1.807, 2.05) is 0 Å². The van der Waals surface area contributed by atoms with Crippen molar-refractivity contribution in [1.82, 2.24) is 4.98 Å². The fourth-order valence-corrected chi connectivity index (χ4v) is 2.13. The molecule has 1 N–H and O–H groups in total. The van der Waals surface area contributed by atoms with Crippen molar-refractivity contribution in [2.75, 3.05) is 5.32 Å². The van der Waals surface area contributed by atoms with Crippen molar-refractivity contribution in [2.24, 2.45) is 0 Å². The molecule has 1 heterocycles. The summed E-state index contributed by atoms with van der Waals surface area (Å²) in [5, 5.41) is 5.13. The van der Waals surface area contributed by atoms with Crippen LogP contribution in [0.25, 0.3) is 0 Å². The lowest BCUT2D eigenvalue weighted by Crippen LogP contribution is -2.34. The molecule has 2 rings (SSSR count). The van der Waals surface area contributed by atoms with Gasteiger partial charge in [-0.15, -0.1) is 11.3 Å². The van der Waals surface area contributed by atoms with Gasteiger partial charge in [0.25, 0.3) is 5.92 Å². The smallest absolute Gasteiger partial charge is 0.267 e. The minimum absolute atomic E-state index is 0.00393. The lowest BCUT2D eigenvalue weighted by atomic mass is 10.2. The fraction of sp³-hybridized carbons (Fsp3) is 0.625. The first-order valence-corrected chi connectivity index (χ1v) is 5.10. The summed E-state index contributed by atoms with van der Waals surface area (Å²) in [4.78, 5) is 3.92. The third kappa shape index (κ3) is 1.80. The monoisotopic (exact) mass is 204 g/mol. The average Bonchev–Trinajstić information content (AvgIpc) is 2.63. The zero-order chi connectivity index (χ0) is 9.31. The minimum atomic E-state index is -2.56. The highest BCUT2D eigenvalue weighted by molar-refractivity contribution is 7.13. The number of nitrogens with one attached hydrogen (secondary N) is 1. The van der Waals surface area contributed by atoms with Gasteiger partial charge in [-0.05, 0) is 12.8 Å². The summed E-state index contributed by atoms with van der Waals surface area (Å²) in [5.74, 6) is -2.56. The molecule has 0 aromatic carbocycles. The van der Waals surface area contributed by atoms with Crippen LogP contribution in [-0.4, -0.2) is 16.9 Å². The van der Waals surface area contributed by atoms with E-state index in [1.54, 1.807) is 11.6 Å². The van der Waals surface area contributed by atoms with Crippen LogP contribution in [0.3, 0.4) is 0 Å². The highest BCUT2D eigenvalue weighted by Crippen LogP contribution is 2.37. The Balaban J connectivity index is 2.02. The van der Waals surface area contributed by atoms with E-state index in [0.29, 0.717) is 18.0 Å². The van der Waals surface area contributed by atoms with Crippen LogP contribution < -0.4 is 5.32 Å². The highest BCUT2D eigenvalue weighted by Gasteiger charge is 2.43. The molecule has 1 atom stereocenters. The number of halogens is 2. The molecule has 2 nitrogen and oxygen atoms in total. The van der Waals surface area contributed by atoms with Crippen LogP contribution in [0.15, 0.2) is 11.6 Å². The first kappa shape index (κ1) is 8.87. The van der Waals surface area contributed by atoms with Gasteiger partial charge in [0.2, 0.25) is 0 Å². The first-order chi connectivity index (χ1) is 6.18. The van der Waals surface area contributed by atoms with E-state index >= 15 is 0 Å². The molecule has 0 amide bonds. The topological polar surface area (TPSA) is 24.9 Å². The second kappa shape index (κ2) is 3.21. The molecular weight excluding hydrogens is 194 g/mol. The molecule has 1 fully saturated rings. The Kier molecular flexibility index (Phi) is 2.19. The summed E-state index contributed by atoms with van der Waals surface area (Å²) in [7, 11) is 0. The number of aromatic nitrogens is 1. The van der Waals surface area contributed by atoms with Gasteiger partial charge in [-0.1, -0.05) is 0 Å². The summed E-state index contributed by atoms with van der Waals surface area (Å²) < 4.78 is 26.2. The maximum Gasteiger partial charge on any atom is 0.267 e. The van der Waals surface area contributed by atoms with E-state index < -0.39 is 12.0 Å². The Labute approximate surface area is 79.0 Å². The van der Waals surface area contributed by atoms with Gasteiger partial charge in [0.15, 0.2) is 5.13 Å². The molecule has 0 spiro atoms. The van der Waals surface area contributed by atoms with E-state index in [0.717, 1.165) is 0 Å². The SMILES string of the molecule is FC1(F)CCCC1Nc1nccs1. The molecule has 1 unspecified atom stereocenters. The number of anilines is 1. The molecule has 1 aliphatic rings. The van der Waals surface area contributed by atoms with Crippen LogP contribution in [0.5, 0.6) is 0 Å². The molecule has 0 bridgehead atoms. The molecule has 1 aromatic heterocycles. The summed E-state index contributed by atoms with van der Waals surface area (Å²) in [6, 6.07) is -0.723. The summed E-state index contributed by atoms with van der Waals surface area (Å²) in [6.07, 6.45) is 2.73. The molecule has 5 heteroatoms. The Morgan fingerprint density at radius 1 is 1.62 bits per heavy atom. The van der Waals surface area contributed by atoms with E-state index in [4.69, 9.17) is 0 Å². The molecule has 0 saturated heterocycles. The summed E-state index contributed by atoms with van der Waals surface area (Å²) in [5.41, 5.74) is 0.